The maximum atomic E-state index is 13.8. The molecule has 0 saturated carbocycles. The summed E-state index contributed by atoms with van der Waals surface area (Å²) in [5.41, 5.74) is 2.70. The van der Waals surface area contributed by atoms with Gasteiger partial charge in [0.2, 0.25) is 17.7 Å². The van der Waals surface area contributed by atoms with Crippen LogP contribution in [-0.4, -0.2) is 69.9 Å². The van der Waals surface area contributed by atoms with Crippen molar-refractivity contribution in [1.82, 2.24) is 36.3 Å². The van der Waals surface area contributed by atoms with Crippen molar-refractivity contribution in [2.75, 3.05) is 13.1 Å². The lowest BCUT2D eigenvalue weighted by molar-refractivity contribution is -0.132. The number of rotatable bonds is 6. The quantitative estimate of drug-likeness (QED) is 0.253. The summed E-state index contributed by atoms with van der Waals surface area (Å²) in [6.07, 6.45) is 3.83. The van der Waals surface area contributed by atoms with Gasteiger partial charge in [-0.15, -0.1) is 0 Å². The minimum absolute atomic E-state index is 0.0234. The molecule has 0 saturated heterocycles. The molecule has 46 heavy (non-hydrogen) atoms. The van der Waals surface area contributed by atoms with E-state index in [0.717, 1.165) is 16.7 Å². The van der Waals surface area contributed by atoms with Crippen LogP contribution in [0.5, 0.6) is 0 Å². The second-order valence-corrected chi connectivity index (χ2v) is 11.2. The minimum atomic E-state index is -1.02. The summed E-state index contributed by atoms with van der Waals surface area (Å²) in [5, 5.41) is 15.2. The molecule has 238 valence electrons. The Labute approximate surface area is 266 Å². The summed E-state index contributed by atoms with van der Waals surface area (Å²) in [4.78, 5) is 59.8. The maximum Gasteiger partial charge on any atom is 0.274 e. The molecule has 1 aliphatic rings. The van der Waals surface area contributed by atoms with Gasteiger partial charge in [-0.05, 0) is 35.7 Å². The van der Waals surface area contributed by atoms with Gasteiger partial charge in [0.25, 0.3) is 5.91 Å². The third kappa shape index (κ3) is 9.08. The fraction of sp³-hybridized carbons (Fsp3) is 0.294. The third-order valence-corrected chi connectivity index (χ3v) is 7.63. The average molecular weight is 624 g/mol. The molecule has 2 bridgehead atoms. The predicted octanol–water partition coefficient (Wildman–Crippen LogP) is 1.77. The molecule has 5 rings (SSSR count). The molecule has 3 atom stereocenters. The van der Waals surface area contributed by atoms with Crippen LogP contribution >= 0.6 is 0 Å². The van der Waals surface area contributed by atoms with E-state index in [0.29, 0.717) is 25.4 Å². The van der Waals surface area contributed by atoms with Crippen molar-refractivity contribution >= 4 is 23.6 Å². The van der Waals surface area contributed by atoms with Crippen molar-refractivity contribution < 1.29 is 23.7 Å². The maximum absolute atomic E-state index is 13.8. The highest BCUT2D eigenvalue weighted by Gasteiger charge is 2.29. The summed E-state index contributed by atoms with van der Waals surface area (Å²) in [7, 11) is 0. The van der Waals surface area contributed by atoms with E-state index < -0.39 is 35.8 Å². The molecule has 0 unspecified atom stereocenters. The van der Waals surface area contributed by atoms with Crippen LogP contribution in [-0.2, 0) is 40.3 Å². The number of nitrogens with zero attached hydrogens (tertiary/aromatic N) is 3. The number of nitrogens with one attached hydrogen (secondary N) is 4. The van der Waals surface area contributed by atoms with E-state index >= 15 is 0 Å². The molecule has 12 nitrogen and oxygen atoms in total. The number of fused-ring (bicyclic) bond motifs is 2. The Hall–Kier alpha value is -5.36. The first-order valence-corrected chi connectivity index (χ1v) is 15.2. The van der Waals surface area contributed by atoms with Crippen LogP contribution in [0.25, 0.3) is 0 Å². The minimum Gasteiger partial charge on any atom is -0.359 e. The van der Waals surface area contributed by atoms with E-state index in [4.69, 9.17) is 4.52 Å². The van der Waals surface area contributed by atoms with Crippen LogP contribution in [0, 0.1) is 0 Å². The highest BCUT2D eigenvalue weighted by Crippen LogP contribution is 2.12. The molecule has 12 heteroatoms. The third-order valence-electron chi connectivity index (χ3n) is 7.63. The van der Waals surface area contributed by atoms with Crippen molar-refractivity contribution in [2.24, 2.45) is 0 Å². The van der Waals surface area contributed by atoms with Gasteiger partial charge in [0.05, 0.1) is 6.54 Å². The number of pyridine rings is 1. The Morgan fingerprint density at radius 3 is 2.02 bits per heavy atom. The van der Waals surface area contributed by atoms with E-state index in [1.165, 1.54) is 13.0 Å². The Morgan fingerprint density at radius 1 is 0.761 bits per heavy atom. The van der Waals surface area contributed by atoms with Crippen molar-refractivity contribution in [3.8, 4) is 0 Å². The fourth-order valence-electron chi connectivity index (χ4n) is 5.16. The molecule has 4 N–H and O–H groups in total. The highest BCUT2D eigenvalue weighted by atomic mass is 16.5. The molecular weight excluding hydrogens is 586 g/mol. The molecule has 0 fully saturated rings. The Kier molecular flexibility index (Phi) is 10.9. The zero-order valence-corrected chi connectivity index (χ0v) is 25.5. The SMILES string of the molecule is C[C@@H]1NC(=O)c2cc(on2)CN(Cc2ccncc2)CCNC(=O)[C@@H](Cc2ccccc2)NC(=O)[C@H](Cc2ccccc2)NC1=O. The summed E-state index contributed by atoms with van der Waals surface area (Å²) in [5.74, 6) is -1.58. The monoisotopic (exact) mass is 623 g/mol. The number of carbonyl (C=O) groups excluding carboxylic acids is 4. The van der Waals surface area contributed by atoms with Crippen LogP contribution in [0.2, 0.25) is 0 Å². The molecular formula is C34H37N7O5. The normalized spacial score (nSPS) is 20.4. The van der Waals surface area contributed by atoms with Gasteiger partial charge in [0, 0.05) is 50.9 Å². The van der Waals surface area contributed by atoms with Crippen molar-refractivity contribution in [3.05, 3.63) is 119 Å². The highest BCUT2D eigenvalue weighted by molar-refractivity contribution is 5.97. The van der Waals surface area contributed by atoms with Crippen molar-refractivity contribution in [2.45, 2.75) is 51.0 Å². The van der Waals surface area contributed by atoms with Gasteiger partial charge in [-0.2, -0.15) is 0 Å². The summed E-state index contributed by atoms with van der Waals surface area (Å²) < 4.78 is 5.48. The zero-order chi connectivity index (χ0) is 32.3. The Morgan fingerprint density at radius 2 is 1.37 bits per heavy atom. The summed E-state index contributed by atoms with van der Waals surface area (Å²) >= 11 is 0. The zero-order valence-electron chi connectivity index (χ0n) is 25.5. The number of aromatic nitrogens is 2. The molecule has 4 amide bonds. The number of hydrogen-bond acceptors (Lipinski definition) is 8. The molecule has 0 radical (unpaired) electrons. The first kappa shape index (κ1) is 32.0. The number of carbonyl (C=O) groups is 4. The second kappa shape index (κ2) is 15.6. The lowest BCUT2D eigenvalue weighted by Gasteiger charge is -2.25. The smallest absolute Gasteiger partial charge is 0.274 e. The van der Waals surface area contributed by atoms with Gasteiger partial charge in [0.1, 0.15) is 18.1 Å². The molecule has 4 aromatic rings. The van der Waals surface area contributed by atoms with Crippen LogP contribution in [0.15, 0.2) is 95.8 Å². The first-order valence-electron chi connectivity index (χ1n) is 15.2. The number of benzene rings is 2. The van der Waals surface area contributed by atoms with E-state index in [9.17, 15) is 19.2 Å². The van der Waals surface area contributed by atoms with Crippen molar-refractivity contribution in [3.63, 3.8) is 0 Å². The molecule has 2 aromatic heterocycles. The van der Waals surface area contributed by atoms with Gasteiger partial charge < -0.3 is 25.8 Å². The second-order valence-electron chi connectivity index (χ2n) is 11.2. The summed E-state index contributed by atoms with van der Waals surface area (Å²) in [6, 6.07) is 21.0. The van der Waals surface area contributed by atoms with E-state index in [1.54, 1.807) is 12.4 Å². The average Bonchev–Trinajstić information content (AvgIpc) is 3.53. The number of hydrogen-bond donors (Lipinski definition) is 4. The molecule has 1 aliphatic heterocycles. The van der Waals surface area contributed by atoms with Crippen LogP contribution in [0.1, 0.15) is 39.9 Å². The molecule has 0 spiro atoms. The first-order chi connectivity index (χ1) is 22.3. The van der Waals surface area contributed by atoms with E-state index in [-0.39, 0.29) is 31.0 Å². The predicted molar refractivity (Wildman–Crippen MR) is 169 cm³/mol. The Balaban J connectivity index is 1.43. The standard InChI is InChI=1S/C34H37N7O5/c1-23-31(42)38-29(19-25-10-6-3-7-11-25)33(44)39-28(18-24-8-4-2-5-9-24)32(43)36-16-17-41(21-26-12-14-35-15-13-26)22-27-20-30(40-46-27)34(45)37-23/h2-15,20,23,28-29H,16-19,21-22H2,1H3,(H,36,43)(H,37,45)(H,38,42)(H,39,44)/t23-,28+,29-/m0/s1. The largest absolute Gasteiger partial charge is 0.359 e. The van der Waals surface area contributed by atoms with E-state index in [2.05, 4.69) is 31.4 Å². The molecule has 3 heterocycles. The lowest BCUT2D eigenvalue weighted by Crippen LogP contribution is -2.57. The Bertz CT molecular complexity index is 1610. The lowest BCUT2D eigenvalue weighted by atomic mass is 10.0. The van der Waals surface area contributed by atoms with Crippen LogP contribution < -0.4 is 21.3 Å². The van der Waals surface area contributed by atoms with Gasteiger partial charge >= 0.3 is 0 Å². The van der Waals surface area contributed by atoms with Gasteiger partial charge in [-0.25, -0.2) is 0 Å². The summed E-state index contributed by atoms with van der Waals surface area (Å²) in [6.45, 7) is 3.05. The van der Waals surface area contributed by atoms with Gasteiger partial charge in [-0.1, -0.05) is 65.8 Å². The van der Waals surface area contributed by atoms with E-state index in [1.807, 2.05) is 77.7 Å². The van der Waals surface area contributed by atoms with Crippen LogP contribution in [0.3, 0.4) is 0 Å². The fourth-order valence-corrected chi connectivity index (χ4v) is 5.16. The van der Waals surface area contributed by atoms with Crippen molar-refractivity contribution in [1.29, 1.82) is 0 Å². The molecule has 0 aliphatic carbocycles. The molecule has 2 aromatic carbocycles. The van der Waals surface area contributed by atoms with Crippen LogP contribution in [0.4, 0.5) is 0 Å². The number of amides is 4. The van der Waals surface area contributed by atoms with Gasteiger partial charge in [0.15, 0.2) is 11.5 Å². The van der Waals surface area contributed by atoms with Gasteiger partial charge in [-0.3, -0.25) is 29.1 Å². The topological polar surface area (TPSA) is 159 Å².